The Morgan fingerprint density at radius 1 is 1.07 bits per heavy atom. The van der Waals surface area contributed by atoms with Crippen LogP contribution in [0.2, 0.25) is 0 Å². The number of rotatable bonds is 8. The van der Waals surface area contributed by atoms with Gasteiger partial charge in [-0.2, -0.15) is 26.3 Å². The third-order valence-electron chi connectivity index (χ3n) is 6.39. The number of ether oxygens (including phenoxy) is 2. The molecule has 0 saturated heterocycles. The first kappa shape index (κ1) is 32.0. The van der Waals surface area contributed by atoms with Crippen molar-refractivity contribution in [2.24, 2.45) is 11.1 Å². The van der Waals surface area contributed by atoms with Gasteiger partial charge in [0, 0.05) is 17.8 Å². The van der Waals surface area contributed by atoms with Gasteiger partial charge in [0.1, 0.15) is 16.7 Å². The minimum atomic E-state index is -4.90. The summed E-state index contributed by atoms with van der Waals surface area (Å²) in [7, 11) is -4.75. The summed E-state index contributed by atoms with van der Waals surface area (Å²) in [5.74, 6) is -2.04. The molecule has 0 fully saturated rings. The molecule has 0 saturated carbocycles. The second-order valence-corrected chi connectivity index (χ2v) is 12.5. The van der Waals surface area contributed by atoms with E-state index in [2.05, 4.69) is 9.72 Å². The van der Waals surface area contributed by atoms with E-state index in [0.29, 0.717) is 26.1 Å². The second-order valence-electron chi connectivity index (χ2n) is 10.6. The maximum atomic E-state index is 13.7. The van der Waals surface area contributed by atoms with E-state index in [1.165, 1.54) is 26.0 Å². The molecule has 0 aliphatic carbocycles. The minimum absolute atomic E-state index is 0.0357. The van der Waals surface area contributed by atoms with Crippen LogP contribution in [-0.2, 0) is 36.9 Å². The van der Waals surface area contributed by atoms with E-state index in [-0.39, 0.29) is 23.4 Å². The lowest BCUT2D eigenvalue weighted by atomic mass is 9.85. The zero-order valence-electron chi connectivity index (χ0n) is 22.3. The van der Waals surface area contributed by atoms with Crippen molar-refractivity contribution in [1.29, 1.82) is 0 Å². The van der Waals surface area contributed by atoms with Crippen molar-refractivity contribution in [3.63, 3.8) is 0 Å². The van der Waals surface area contributed by atoms with Crippen LogP contribution in [0.3, 0.4) is 0 Å². The maximum Gasteiger partial charge on any atom is 0.427 e. The number of amides is 1. The topological polar surface area (TPSA) is 129 Å². The number of hydrogen-bond acceptors (Lipinski definition) is 7. The SMILES string of the molecule is CC(C)(C[C@H]1CN(S(=O)(=O)c2cncc(C(F)(F)F)c2)c2cc(CC(=O)OC(C)(C)C(F)(F)F)ccc2O1)C(N)=O. The first-order chi connectivity index (χ1) is 18.5. The van der Waals surface area contributed by atoms with Crippen molar-refractivity contribution in [2.45, 2.75) is 69.5 Å². The van der Waals surface area contributed by atoms with Crippen molar-refractivity contribution in [3.05, 3.63) is 47.8 Å². The fraction of sp³-hybridized carbons (Fsp3) is 0.480. The summed E-state index contributed by atoms with van der Waals surface area (Å²) in [6.45, 7) is 3.85. The minimum Gasteiger partial charge on any atom is -0.486 e. The van der Waals surface area contributed by atoms with Crippen molar-refractivity contribution < 1.29 is 53.8 Å². The Bertz CT molecular complexity index is 1440. The number of benzene rings is 1. The molecule has 1 aliphatic heterocycles. The molecule has 0 bridgehead atoms. The average Bonchev–Trinajstić information content (AvgIpc) is 2.81. The lowest BCUT2D eigenvalue weighted by Gasteiger charge is -2.38. The number of aromatic nitrogens is 1. The van der Waals surface area contributed by atoms with Crippen LogP contribution in [0.1, 0.15) is 45.2 Å². The van der Waals surface area contributed by atoms with Gasteiger partial charge in [-0.05, 0) is 44.0 Å². The number of nitrogens with zero attached hydrogens (tertiary/aromatic N) is 2. The molecule has 1 aliphatic rings. The number of primary amides is 1. The van der Waals surface area contributed by atoms with Crippen molar-refractivity contribution in [3.8, 4) is 5.75 Å². The third kappa shape index (κ3) is 7.02. The number of nitrogens with two attached hydrogens (primary N) is 1. The number of anilines is 1. The number of hydrogen-bond donors (Lipinski definition) is 1. The summed E-state index contributed by atoms with van der Waals surface area (Å²) < 4.78 is 118. The number of sulfonamides is 1. The van der Waals surface area contributed by atoms with E-state index in [1.807, 2.05) is 0 Å². The van der Waals surface area contributed by atoms with Crippen LogP contribution in [0, 0.1) is 5.41 Å². The van der Waals surface area contributed by atoms with Crippen LogP contribution < -0.4 is 14.8 Å². The van der Waals surface area contributed by atoms with Gasteiger partial charge in [-0.25, -0.2) is 8.42 Å². The van der Waals surface area contributed by atoms with Crippen molar-refractivity contribution in [2.75, 3.05) is 10.8 Å². The molecule has 1 aromatic heterocycles. The average molecular weight is 612 g/mol. The summed E-state index contributed by atoms with van der Waals surface area (Å²) in [5.41, 5.74) is -0.00775. The molecule has 41 heavy (non-hydrogen) atoms. The molecule has 1 atom stereocenters. The normalized spacial score (nSPS) is 16.5. The highest BCUT2D eigenvalue weighted by Gasteiger charge is 2.50. The highest BCUT2D eigenvalue weighted by Crippen LogP contribution is 2.41. The molecular formula is C25H27F6N3O6S. The van der Waals surface area contributed by atoms with Gasteiger partial charge in [0.25, 0.3) is 10.0 Å². The molecule has 16 heteroatoms. The van der Waals surface area contributed by atoms with Gasteiger partial charge >= 0.3 is 18.3 Å². The van der Waals surface area contributed by atoms with Crippen LogP contribution in [-0.4, -0.2) is 49.7 Å². The van der Waals surface area contributed by atoms with Crippen LogP contribution >= 0.6 is 0 Å². The molecule has 2 N–H and O–H groups in total. The highest BCUT2D eigenvalue weighted by molar-refractivity contribution is 7.92. The number of esters is 1. The molecule has 0 unspecified atom stereocenters. The molecule has 1 amide bonds. The van der Waals surface area contributed by atoms with Crippen LogP contribution in [0.25, 0.3) is 0 Å². The third-order valence-corrected chi connectivity index (χ3v) is 8.13. The Hall–Kier alpha value is -3.56. The molecule has 2 aromatic rings. The zero-order valence-corrected chi connectivity index (χ0v) is 23.1. The predicted octanol–water partition coefficient (Wildman–Crippen LogP) is 4.38. The van der Waals surface area contributed by atoms with Crippen LogP contribution in [0.15, 0.2) is 41.6 Å². The molecule has 3 rings (SSSR count). The quantitative estimate of drug-likeness (QED) is 0.347. The van der Waals surface area contributed by atoms with Gasteiger partial charge < -0.3 is 15.2 Å². The van der Waals surface area contributed by atoms with Gasteiger partial charge in [0.05, 0.1) is 24.2 Å². The van der Waals surface area contributed by atoms with E-state index in [4.69, 9.17) is 10.5 Å². The highest BCUT2D eigenvalue weighted by atomic mass is 32.2. The lowest BCUT2D eigenvalue weighted by molar-refractivity contribution is -0.257. The summed E-state index contributed by atoms with van der Waals surface area (Å²) in [6.07, 6.45) is -10.3. The van der Waals surface area contributed by atoms with Crippen LogP contribution in [0.4, 0.5) is 32.0 Å². The lowest BCUT2D eigenvalue weighted by Crippen LogP contribution is -2.47. The summed E-state index contributed by atoms with van der Waals surface area (Å²) in [6, 6.07) is 4.09. The Balaban J connectivity index is 2.05. The fourth-order valence-electron chi connectivity index (χ4n) is 3.86. The molecule has 9 nitrogen and oxygen atoms in total. The van der Waals surface area contributed by atoms with E-state index in [0.717, 1.165) is 16.6 Å². The van der Waals surface area contributed by atoms with Gasteiger partial charge in [-0.3, -0.25) is 18.9 Å². The number of pyridine rings is 1. The smallest absolute Gasteiger partial charge is 0.427 e. The largest absolute Gasteiger partial charge is 0.486 e. The second kappa shape index (κ2) is 10.7. The standard InChI is InChI=1S/C25H27F6N3O6S/c1-22(2,21(32)36)10-16-13-34(41(37,38)17-9-15(11-33-12-17)24(26,27)28)18-7-14(5-6-19(18)39-16)8-20(35)40-23(3,4)25(29,30)31/h5-7,9,11-12,16H,8,10,13H2,1-4H3,(H2,32,36)/t16-/m0/s1. The fourth-order valence-corrected chi connectivity index (χ4v) is 5.35. The molecule has 226 valence electrons. The van der Waals surface area contributed by atoms with E-state index < -0.39 is 74.8 Å². The Labute approximate surface area is 231 Å². The first-order valence-electron chi connectivity index (χ1n) is 12.0. The molecule has 0 radical (unpaired) electrons. The number of fused-ring (bicyclic) bond motifs is 1. The van der Waals surface area contributed by atoms with Crippen LogP contribution in [0.5, 0.6) is 5.75 Å². The number of carbonyl (C=O) groups excluding carboxylic acids is 2. The number of alkyl halides is 6. The Kier molecular flexibility index (Phi) is 8.33. The van der Waals surface area contributed by atoms with Crippen molar-refractivity contribution >= 4 is 27.6 Å². The first-order valence-corrected chi connectivity index (χ1v) is 13.4. The maximum absolute atomic E-state index is 13.7. The molecule has 1 aromatic carbocycles. The molecular weight excluding hydrogens is 584 g/mol. The van der Waals surface area contributed by atoms with Gasteiger partial charge in [-0.15, -0.1) is 0 Å². The van der Waals surface area contributed by atoms with Crippen molar-refractivity contribution in [1.82, 2.24) is 4.98 Å². The summed E-state index contributed by atoms with van der Waals surface area (Å²) in [4.78, 5) is 26.8. The number of halogens is 6. The molecule has 2 heterocycles. The number of carbonyl (C=O) groups is 2. The molecule has 0 spiro atoms. The van der Waals surface area contributed by atoms with E-state index >= 15 is 0 Å². The van der Waals surface area contributed by atoms with Gasteiger partial charge in [-0.1, -0.05) is 19.9 Å². The van der Waals surface area contributed by atoms with Gasteiger partial charge in [0.2, 0.25) is 11.5 Å². The summed E-state index contributed by atoms with van der Waals surface area (Å²) in [5, 5.41) is 0. The predicted molar refractivity (Wildman–Crippen MR) is 132 cm³/mol. The van der Waals surface area contributed by atoms with E-state index in [1.54, 1.807) is 0 Å². The Morgan fingerprint density at radius 2 is 1.71 bits per heavy atom. The monoisotopic (exact) mass is 611 g/mol. The van der Waals surface area contributed by atoms with E-state index in [9.17, 15) is 44.3 Å². The Morgan fingerprint density at radius 3 is 2.27 bits per heavy atom. The van der Waals surface area contributed by atoms with Gasteiger partial charge in [0.15, 0.2) is 0 Å². The zero-order chi connectivity index (χ0) is 31.2. The summed E-state index contributed by atoms with van der Waals surface area (Å²) >= 11 is 0.